The first kappa shape index (κ1) is 18.8. The van der Waals surface area contributed by atoms with Gasteiger partial charge < -0.3 is 0 Å². The zero-order valence-corrected chi connectivity index (χ0v) is 17.5. The zero-order valence-electron chi connectivity index (χ0n) is 16.7. The quantitative estimate of drug-likeness (QED) is 0.483. The van der Waals surface area contributed by atoms with Gasteiger partial charge in [0.25, 0.3) is 5.56 Å². The van der Waals surface area contributed by atoms with Crippen LogP contribution in [0.15, 0.2) is 41.7 Å². The molecule has 3 heterocycles. The normalized spacial score (nSPS) is 22.8. The molecule has 1 aliphatic heterocycles. The highest BCUT2D eigenvalue weighted by Crippen LogP contribution is 2.35. The molecule has 3 aromatic rings. The Kier molecular flexibility index (Phi) is 4.87. The molecule has 1 saturated carbocycles. The predicted molar refractivity (Wildman–Crippen MR) is 118 cm³/mol. The number of hydrogen-bond acceptors (Lipinski definition) is 4. The Bertz CT molecular complexity index is 1190. The molecule has 0 unspecified atom stereocenters. The monoisotopic (exact) mass is 409 g/mol. The fourth-order valence-corrected chi connectivity index (χ4v) is 5.61. The molecule has 0 amide bonds. The Morgan fingerprint density at radius 2 is 1.97 bits per heavy atom. The highest BCUT2D eigenvalue weighted by atomic mass is 32.1. The van der Waals surface area contributed by atoms with E-state index in [-0.39, 0.29) is 5.56 Å². The van der Waals surface area contributed by atoms with Gasteiger partial charge in [-0.2, -0.15) is 0 Å². The SMILES string of the molecule is C=CCn1c(=O)c2ccccc2n2c(=S)n(CN3CCC[C@@H]4CCCC[C@@H]43)nc12. The molecule has 1 aliphatic carbocycles. The second-order valence-corrected chi connectivity index (χ2v) is 8.71. The Labute approximate surface area is 175 Å². The number of likely N-dealkylation sites (tertiary alicyclic amines) is 1. The highest BCUT2D eigenvalue weighted by Gasteiger charge is 2.33. The van der Waals surface area contributed by atoms with Gasteiger partial charge in [-0.05, 0) is 56.0 Å². The van der Waals surface area contributed by atoms with Gasteiger partial charge in [-0.15, -0.1) is 11.7 Å². The van der Waals surface area contributed by atoms with Gasteiger partial charge in [0.1, 0.15) is 0 Å². The standard InChI is InChI=1S/C22H27N5OS/c1-2-13-25-20(28)17-10-4-6-12-19(17)27-21(25)23-26(22(27)29)15-24-14-7-9-16-8-3-5-11-18(16)24/h2,4,6,10,12,16,18H,1,3,5,7-9,11,13-15H2/t16-,18-/m0/s1. The summed E-state index contributed by atoms with van der Waals surface area (Å²) in [4.78, 5) is 15.6. The molecule has 7 heteroatoms. The molecule has 152 valence electrons. The van der Waals surface area contributed by atoms with Crippen molar-refractivity contribution in [1.29, 1.82) is 0 Å². The van der Waals surface area contributed by atoms with E-state index in [2.05, 4.69) is 11.5 Å². The highest BCUT2D eigenvalue weighted by molar-refractivity contribution is 7.71. The lowest BCUT2D eigenvalue weighted by Gasteiger charge is -2.43. The first-order valence-corrected chi connectivity index (χ1v) is 11.1. The number of para-hydroxylation sites is 1. The fourth-order valence-electron chi connectivity index (χ4n) is 5.33. The molecule has 0 N–H and O–H groups in total. The van der Waals surface area contributed by atoms with Crippen molar-refractivity contribution < 1.29 is 0 Å². The van der Waals surface area contributed by atoms with Crippen molar-refractivity contribution in [2.24, 2.45) is 5.92 Å². The van der Waals surface area contributed by atoms with Gasteiger partial charge in [0.15, 0.2) is 0 Å². The van der Waals surface area contributed by atoms with Crippen molar-refractivity contribution in [3.05, 3.63) is 52.0 Å². The largest absolute Gasteiger partial charge is 0.281 e. The van der Waals surface area contributed by atoms with Crippen molar-refractivity contribution >= 4 is 28.9 Å². The van der Waals surface area contributed by atoms with Crippen molar-refractivity contribution in [3.63, 3.8) is 0 Å². The summed E-state index contributed by atoms with van der Waals surface area (Å²) in [5.41, 5.74) is 0.767. The van der Waals surface area contributed by atoms with Crippen molar-refractivity contribution in [2.75, 3.05) is 6.54 Å². The van der Waals surface area contributed by atoms with Crippen molar-refractivity contribution in [3.8, 4) is 0 Å². The van der Waals surface area contributed by atoms with E-state index in [1.165, 1.54) is 38.5 Å². The van der Waals surface area contributed by atoms with Crippen molar-refractivity contribution in [1.82, 2.24) is 23.6 Å². The maximum absolute atomic E-state index is 13.0. The maximum atomic E-state index is 13.0. The van der Waals surface area contributed by atoms with Crippen LogP contribution < -0.4 is 5.56 Å². The summed E-state index contributed by atoms with van der Waals surface area (Å²) < 4.78 is 6.17. The third kappa shape index (κ3) is 3.07. The molecule has 6 nitrogen and oxygen atoms in total. The number of fused-ring (bicyclic) bond motifs is 4. The van der Waals surface area contributed by atoms with Crippen LogP contribution in [0, 0.1) is 10.7 Å². The summed E-state index contributed by atoms with van der Waals surface area (Å²) in [5.74, 6) is 1.40. The van der Waals surface area contributed by atoms with Crippen LogP contribution in [0.2, 0.25) is 0 Å². The minimum absolute atomic E-state index is 0.0505. The van der Waals surface area contributed by atoms with E-state index in [0.29, 0.717) is 35.2 Å². The molecule has 2 aliphatic rings. The minimum atomic E-state index is -0.0505. The van der Waals surface area contributed by atoms with Gasteiger partial charge in [-0.25, -0.2) is 4.68 Å². The summed E-state index contributed by atoms with van der Waals surface area (Å²) in [7, 11) is 0. The van der Waals surface area contributed by atoms with Crippen molar-refractivity contribution in [2.45, 2.75) is 57.8 Å². The number of piperidine rings is 1. The van der Waals surface area contributed by atoms with E-state index in [1.807, 2.05) is 33.3 Å². The number of aromatic nitrogens is 4. The molecule has 1 aromatic carbocycles. The molecular formula is C22H27N5OS. The zero-order chi connectivity index (χ0) is 20.0. The number of hydrogen-bond donors (Lipinski definition) is 0. The van der Waals surface area contributed by atoms with Crippen LogP contribution in [-0.4, -0.2) is 36.2 Å². The molecular weight excluding hydrogens is 382 g/mol. The average Bonchev–Trinajstić information content (AvgIpc) is 3.07. The van der Waals surface area contributed by atoms with Gasteiger partial charge in [0.2, 0.25) is 10.5 Å². The summed E-state index contributed by atoms with van der Waals surface area (Å²) >= 11 is 5.85. The van der Waals surface area contributed by atoms with E-state index in [4.69, 9.17) is 17.3 Å². The van der Waals surface area contributed by atoms with Gasteiger partial charge in [0, 0.05) is 19.1 Å². The Balaban J connectivity index is 1.64. The third-order valence-corrected chi connectivity index (χ3v) is 7.06. The topological polar surface area (TPSA) is 47.5 Å². The lowest BCUT2D eigenvalue weighted by Crippen LogP contribution is -2.47. The Hall–Kier alpha value is -2.25. The first-order valence-electron chi connectivity index (χ1n) is 10.6. The molecule has 2 atom stereocenters. The van der Waals surface area contributed by atoms with Crippen LogP contribution in [0.5, 0.6) is 0 Å². The molecule has 1 saturated heterocycles. The summed E-state index contributed by atoms with van der Waals surface area (Å²) in [5, 5.41) is 5.48. The number of allylic oxidation sites excluding steroid dienone is 1. The Morgan fingerprint density at radius 1 is 1.17 bits per heavy atom. The van der Waals surface area contributed by atoms with Gasteiger partial charge in [-0.3, -0.25) is 18.7 Å². The molecule has 0 radical (unpaired) electrons. The number of rotatable bonds is 4. The van der Waals surface area contributed by atoms with E-state index in [1.54, 1.807) is 10.6 Å². The molecule has 2 fully saturated rings. The van der Waals surface area contributed by atoms with E-state index in [0.717, 1.165) is 18.0 Å². The molecule has 0 spiro atoms. The lowest BCUT2D eigenvalue weighted by atomic mass is 9.78. The van der Waals surface area contributed by atoms with Crippen LogP contribution in [0.25, 0.3) is 16.7 Å². The smallest absolute Gasteiger partial charge is 0.263 e. The molecule has 2 aromatic heterocycles. The summed E-state index contributed by atoms with van der Waals surface area (Å²) in [6.07, 6.45) is 9.62. The lowest BCUT2D eigenvalue weighted by molar-refractivity contribution is 0.0325. The van der Waals surface area contributed by atoms with Crippen LogP contribution in [0.1, 0.15) is 38.5 Å². The first-order chi connectivity index (χ1) is 14.2. The second-order valence-electron chi connectivity index (χ2n) is 8.35. The average molecular weight is 410 g/mol. The van der Waals surface area contributed by atoms with E-state index in [9.17, 15) is 4.79 Å². The van der Waals surface area contributed by atoms with Crippen LogP contribution in [-0.2, 0) is 13.2 Å². The van der Waals surface area contributed by atoms with Gasteiger partial charge >= 0.3 is 0 Å². The van der Waals surface area contributed by atoms with E-state index >= 15 is 0 Å². The van der Waals surface area contributed by atoms with Crippen LogP contribution >= 0.6 is 12.2 Å². The number of benzene rings is 1. The van der Waals surface area contributed by atoms with Gasteiger partial charge in [-0.1, -0.05) is 31.1 Å². The number of nitrogens with zero attached hydrogens (tertiary/aromatic N) is 5. The fraction of sp³-hybridized carbons (Fsp3) is 0.500. The maximum Gasteiger partial charge on any atom is 0.263 e. The molecule has 0 bridgehead atoms. The molecule has 5 rings (SSSR count). The van der Waals surface area contributed by atoms with Crippen LogP contribution in [0.3, 0.4) is 0 Å². The van der Waals surface area contributed by atoms with Crippen LogP contribution in [0.4, 0.5) is 0 Å². The van der Waals surface area contributed by atoms with E-state index < -0.39 is 0 Å². The Morgan fingerprint density at radius 3 is 2.83 bits per heavy atom. The third-order valence-electron chi connectivity index (χ3n) is 6.67. The van der Waals surface area contributed by atoms with Gasteiger partial charge in [0.05, 0.1) is 17.6 Å². The molecule has 29 heavy (non-hydrogen) atoms. The predicted octanol–water partition coefficient (Wildman–Crippen LogP) is 3.98. The summed E-state index contributed by atoms with van der Waals surface area (Å²) in [6, 6.07) is 8.26. The second kappa shape index (κ2) is 7.54. The summed E-state index contributed by atoms with van der Waals surface area (Å²) in [6.45, 7) is 6.01. The minimum Gasteiger partial charge on any atom is -0.281 e.